The molecule has 29 heavy (non-hydrogen) atoms. The summed E-state index contributed by atoms with van der Waals surface area (Å²) >= 11 is 1.93. The minimum Gasteiger partial charge on any atom is -0.394 e. The van der Waals surface area contributed by atoms with Crippen LogP contribution in [0, 0.1) is 21.0 Å². The van der Waals surface area contributed by atoms with Crippen molar-refractivity contribution in [2.45, 2.75) is 24.5 Å². The first kappa shape index (κ1) is 22.0. The van der Waals surface area contributed by atoms with Gasteiger partial charge < -0.3 is 20.2 Å². The molecule has 3 rings (SSSR count). The molecule has 0 aromatic heterocycles. The number of aliphatic hydroxyl groups excluding tert-OH is 2. The lowest BCUT2D eigenvalue weighted by atomic mass is 9.87. The van der Waals surface area contributed by atoms with Crippen LogP contribution in [0.2, 0.25) is 0 Å². The molecule has 0 radical (unpaired) electrons. The van der Waals surface area contributed by atoms with Gasteiger partial charge in [0.15, 0.2) is 11.6 Å². The van der Waals surface area contributed by atoms with Crippen LogP contribution in [0.15, 0.2) is 30.3 Å². The first-order valence-corrected chi connectivity index (χ1v) is 9.93. The molecule has 1 saturated heterocycles. The van der Waals surface area contributed by atoms with E-state index >= 15 is 0 Å². The van der Waals surface area contributed by atoms with Crippen molar-refractivity contribution < 1.29 is 33.3 Å². The molecule has 1 unspecified atom stereocenters. The van der Waals surface area contributed by atoms with Crippen LogP contribution in [-0.4, -0.2) is 57.5 Å². The zero-order valence-electron chi connectivity index (χ0n) is 15.2. The minimum absolute atomic E-state index is 0.119. The summed E-state index contributed by atoms with van der Waals surface area (Å²) in [6, 6.07) is 6.31. The molecule has 0 spiro atoms. The van der Waals surface area contributed by atoms with Crippen LogP contribution in [0.25, 0.3) is 0 Å². The molecule has 0 aliphatic carbocycles. The summed E-state index contributed by atoms with van der Waals surface area (Å²) in [4.78, 5) is 14.0. The van der Waals surface area contributed by atoms with E-state index in [1.807, 2.05) is 22.6 Å². The molecule has 5 nitrogen and oxygen atoms in total. The number of hydrogen-bond donors (Lipinski definition) is 3. The molecule has 3 N–H and O–H groups in total. The van der Waals surface area contributed by atoms with Gasteiger partial charge in [-0.3, -0.25) is 4.79 Å². The third-order valence-corrected chi connectivity index (χ3v) is 5.56. The maximum absolute atomic E-state index is 14.5. The fourth-order valence-electron chi connectivity index (χ4n) is 3.43. The van der Waals surface area contributed by atoms with Crippen molar-refractivity contribution in [3.63, 3.8) is 0 Å². The van der Waals surface area contributed by atoms with Crippen LogP contribution in [0.3, 0.4) is 0 Å². The van der Waals surface area contributed by atoms with Crippen molar-refractivity contribution in [2.75, 3.05) is 19.7 Å². The van der Waals surface area contributed by atoms with E-state index in [4.69, 9.17) is 5.11 Å². The third kappa shape index (κ3) is 4.73. The lowest BCUT2D eigenvalue weighted by Crippen LogP contribution is -2.64. The van der Waals surface area contributed by atoms with Gasteiger partial charge in [0.05, 0.1) is 25.8 Å². The number of carbonyl (C=O) groups is 1. The van der Waals surface area contributed by atoms with Crippen molar-refractivity contribution >= 4 is 28.5 Å². The van der Waals surface area contributed by atoms with Crippen molar-refractivity contribution in [1.29, 1.82) is 0 Å². The highest BCUT2D eigenvalue weighted by molar-refractivity contribution is 14.1. The molecular formula is C20H19F3INO4. The summed E-state index contributed by atoms with van der Waals surface area (Å²) in [6.07, 6.45) is -1.56. The maximum Gasteiger partial charge on any atom is 0.254 e. The van der Waals surface area contributed by atoms with Crippen LogP contribution < -0.4 is 0 Å². The summed E-state index contributed by atoms with van der Waals surface area (Å²) in [6.45, 7) is -0.774. The number of benzene rings is 2. The lowest BCUT2D eigenvalue weighted by Gasteiger charge is -2.47. The minimum atomic E-state index is -1.36. The van der Waals surface area contributed by atoms with E-state index in [0.717, 1.165) is 12.1 Å². The Morgan fingerprint density at radius 2 is 1.86 bits per heavy atom. The van der Waals surface area contributed by atoms with Crippen molar-refractivity contribution in [1.82, 2.24) is 4.90 Å². The summed E-state index contributed by atoms with van der Waals surface area (Å²) in [5.41, 5.74) is -1.62. The quantitative estimate of drug-likeness (QED) is 0.510. The Labute approximate surface area is 178 Å². The molecule has 0 saturated carbocycles. The zero-order chi connectivity index (χ0) is 21.3. The number of β-amino-alcohol motifs (C(OH)–C–C–N with tert-alkyl or cyclic N) is 1. The highest BCUT2D eigenvalue weighted by Crippen LogP contribution is 2.30. The fraction of sp³-hybridized carbons (Fsp3) is 0.350. The second-order valence-electron chi connectivity index (χ2n) is 7.23. The van der Waals surface area contributed by atoms with E-state index in [1.165, 1.54) is 17.0 Å². The van der Waals surface area contributed by atoms with Gasteiger partial charge in [0, 0.05) is 27.5 Å². The normalized spacial score (nSPS) is 16.4. The zero-order valence-corrected chi connectivity index (χ0v) is 17.4. The first-order valence-electron chi connectivity index (χ1n) is 8.85. The predicted octanol–water partition coefficient (Wildman–Crippen LogP) is 2.23. The molecule has 2 aromatic rings. The molecule has 1 amide bonds. The van der Waals surface area contributed by atoms with Gasteiger partial charge in [-0.2, -0.15) is 0 Å². The SMILES string of the molecule is O=C(c1ccc(F)c(F)c1Cc1ccc(I)cc1F)N1CC(O)(CC(O)CO)C1. The molecule has 1 atom stereocenters. The van der Waals surface area contributed by atoms with Gasteiger partial charge in [-0.15, -0.1) is 0 Å². The summed E-state index contributed by atoms with van der Waals surface area (Å²) in [5, 5.41) is 28.7. The number of rotatable bonds is 6. The lowest BCUT2D eigenvalue weighted by molar-refractivity contribution is -0.109. The Morgan fingerprint density at radius 3 is 2.48 bits per heavy atom. The molecule has 156 valence electrons. The van der Waals surface area contributed by atoms with Gasteiger partial charge in [-0.05, 0) is 52.4 Å². The van der Waals surface area contributed by atoms with Crippen molar-refractivity contribution in [3.05, 3.63) is 68.0 Å². The Morgan fingerprint density at radius 1 is 1.17 bits per heavy atom. The molecule has 1 aliphatic rings. The number of nitrogens with zero attached hydrogens (tertiary/aromatic N) is 1. The number of amides is 1. The second-order valence-corrected chi connectivity index (χ2v) is 8.47. The molecule has 0 bridgehead atoms. The Hall–Kier alpha value is -1.69. The van der Waals surface area contributed by atoms with E-state index in [2.05, 4.69) is 0 Å². The number of carbonyl (C=O) groups excluding carboxylic acids is 1. The Kier molecular flexibility index (Phi) is 6.51. The summed E-state index contributed by atoms with van der Waals surface area (Å²) in [5.74, 6) is -3.59. The van der Waals surface area contributed by atoms with Gasteiger partial charge in [0.2, 0.25) is 0 Å². The van der Waals surface area contributed by atoms with E-state index < -0.39 is 41.7 Å². The van der Waals surface area contributed by atoms with Gasteiger partial charge in [0.1, 0.15) is 11.4 Å². The molecular weight excluding hydrogens is 502 g/mol. The van der Waals surface area contributed by atoms with Gasteiger partial charge in [-0.25, -0.2) is 13.2 Å². The predicted molar refractivity (Wildman–Crippen MR) is 107 cm³/mol. The number of hydrogen-bond acceptors (Lipinski definition) is 4. The summed E-state index contributed by atoms with van der Waals surface area (Å²) < 4.78 is 43.1. The summed E-state index contributed by atoms with van der Waals surface area (Å²) in [7, 11) is 0. The van der Waals surface area contributed by atoms with E-state index in [1.54, 1.807) is 6.07 Å². The van der Waals surface area contributed by atoms with Crippen molar-refractivity contribution in [2.24, 2.45) is 0 Å². The highest BCUT2D eigenvalue weighted by atomic mass is 127. The van der Waals surface area contributed by atoms with Gasteiger partial charge >= 0.3 is 0 Å². The Balaban J connectivity index is 1.85. The monoisotopic (exact) mass is 521 g/mol. The fourth-order valence-corrected chi connectivity index (χ4v) is 3.88. The van der Waals surface area contributed by atoms with Crippen LogP contribution in [0.1, 0.15) is 27.9 Å². The number of aliphatic hydroxyl groups is 3. The molecule has 1 heterocycles. The van der Waals surface area contributed by atoms with Gasteiger partial charge in [0.25, 0.3) is 5.91 Å². The average molecular weight is 521 g/mol. The number of likely N-dealkylation sites (tertiary alicyclic amines) is 1. The van der Waals surface area contributed by atoms with Crippen LogP contribution in [0.4, 0.5) is 13.2 Å². The van der Waals surface area contributed by atoms with Crippen LogP contribution in [-0.2, 0) is 6.42 Å². The van der Waals surface area contributed by atoms with E-state index in [9.17, 15) is 28.2 Å². The smallest absolute Gasteiger partial charge is 0.254 e. The molecule has 9 heteroatoms. The topological polar surface area (TPSA) is 81.0 Å². The highest BCUT2D eigenvalue weighted by Gasteiger charge is 2.45. The van der Waals surface area contributed by atoms with E-state index in [-0.39, 0.29) is 42.6 Å². The second kappa shape index (κ2) is 8.58. The maximum atomic E-state index is 14.5. The van der Waals surface area contributed by atoms with Crippen molar-refractivity contribution in [3.8, 4) is 0 Å². The van der Waals surface area contributed by atoms with Crippen LogP contribution in [0.5, 0.6) is 0 Å². The first-order chi connectivity index (χ1) is 13.6. The number of halogens is 4. The standard InChI is InChI=1S/C20H19F3INO4/c21-16-4-3-14(19(28)25-9-20(29,10-25)7-13(27)8-26)15(18(16)23)5-11-1-2-12(24)6-17(11)22/h1-4,6,13,26-27,29H,5,7-10H2. The third-order valence-electron chi connectivity index (χ3n) is 4.89. The largest absolute Gasteiger partial charge is 0.394 e. The molecule has 1 aliphatic heterocycles. The van der Waals surface area contributed by atoms with Crippen LogP contribution >= 0.6 is 22.6 Å². The average Bonchev–Trinajstić information content (AvgIpc) is 2.64. The Bertz CT molecular complexity index is 934. The van der Waals surface area contributed by atoms with E-state index in [0.29, 0.717) is 3.57 Å². The molecule has 1 fully saturated rings. The van der Waals surface area contributed by atoms with Gasteiger partial charge in [-0.1, -0.05) is 6.07 Å². The molecule has 2 aromatic carbocycles.